The fourth-order valence-electron chi connectivity index (χ4n) is 7.87. The Balaban J connectivity index is 0.896. The van der Waals surface area contributed by atoms with Crippen LogP contribution in [-0.2, 0) is 28.2 Å². The summed E-state index contributed by atoms with van der Waals surface area (Å²) in [5, 5.41) is 31.6. The third kappa shape index (κ3) is 7.28. The number of aryl methyl sites for hydroxylation is 1. The molecule has 2 amide bonds. The molecule has 2 aliphatic heterocycles. The number of nitrogens with zero attached hydrogens (tertiary/aromatic N) is 7. The minimum atomic E-state index is -1.01. The first kappa shape index (κ1) is 37.0. The molecule has 290 valence electrons. The molecular formula is C41H46N10O5. The number of amides is 2. The molecule has 1 unspecified atom stereocenters. The number of allylic oxidation sites excluding steroid dienone is 1. The number of rotatable bonds is 12. The van der Waals surface area contributed by atoms with E-state index in [1.54, 1.807) is 10.8 Å². The molecule has 56 heavy (non-hydrogen) atoms. The summed E-state index contributed by atoms with van der Waals surface area (Å²) in [6.07, 6.45) is 5.18. The van der Waals surface area contributed by atoms with Gasteiger partial charge in [0.15, 0.2) is 11.5 Å². The summed E-state index contributed by atoms with van der Waals surface area (Å²) in [4.78, 5) is 55.6. The van der Waals surface area contributed by atoms with Crippen molar-refractivity contribution in [3.05, 3.63) is 107 Å². The van der Waals surface area contributed by atoms with Gasteiger partial charge in [0, 0.05) is 62.4 Å². The summed E-state index contributed by atoms with van der Waals surface area (Å²) in [5.74, 6) is 0.249. The summed E-state index contributed by atoms with van der Waals surface area (Å²) in [6.45, 7) is 9.74. The standard InChI is InChI=1S/C41H46N10O5/c1-3-19-50-39(55)31-24-42-40(47-37(31)51(50)34-15-7-27-17-18-41(56,4-2)36(27)45-34)44-29-8-5-26(6-9-29)33(52)25-48-20-22-49(23-21-48)30-12-10-28(11-13-30)43-32-14-16-35(53)46-38(32)54/h3,5-13,15,24,32-33,43,52,56H,1,4,14,16-23,25H2,2H3,(H,42,44,47)(H,46,53,54)/t32?,33-,41+/m0/s1. The van der Waals surface area contributed by atoms with Crippen molar-refractivity contribution in [2.75, 3.05) is 48.3 Å². The van der Waals surface area contributed by atoms with Crippen molar-refractivity contribution < 1.29 is 19.8 Å². The molecule has 8 rings (SSSR count). The molecule has 5 heterocycles. The highest BCUT2D eigenvalue weighted by Gasteiger charge is 2.37. The lowest BCUT2D eigenvalue weighted by Gasteiger charge is -2.37. The largest absolute Gasteiger partial charge is 0.387 e. The number of pyridine rings is 1. The summed E-state index contributed by atoms with van der Waals surface area (Å²) >= 11 is 0. The SMILES string of the molecule is C=CCn1c(=O)c2cnc(Nc3ccc([C@@H](O)CN4CCN(c5ccc(NC6CCC(=O)NC6=O)cc5)CC4)cc3)nc2n1-c1ccc2c(n1)[C@@](O)(CC)CC2. The van der Waals surface area contributed by atoms with Crippen LogP contribution in [0.3, 0.4) is 0 Å². The van der Waals surface area contributed by atoms with E-state index in [2.05, 4.69) is 37.3 Å². The van der Waals surface area contributed by atoms with Gasteiger partial charge in [0.05, 0.1) is 18.3 Å². The van der Waals surface area contributed by atoms with Crippen LogP contribution < -0.4 is 26.4 Å². The lowest BCUT2D eigenvalue weighted by Crippen LogP contribution is -2.47. The first-order chi connectivity index (χ1) is 27.1. The van der Waals surface area contributed by atoms with Gasteiger partial charge in [0.2, 0.25) is 17.8 Å². The number of fused-ring (bicyclic) bond motifs is 2. The Kier molecular flexibility index (Phi) is 10.1. The fourth-order valence-corrected chi connectivity index (χ4v) is 7.87. The normalized spacial score (nSPS) is 20.5. The van der Waals surface area contributed by atoms with Gasteiger partial charge in [-0.2, -0.15) is 4.98 Å². The van der Waals surface area contributed by atoms with Crippen LogP contribution in [-0.4, -0.2) is 90.0 Å². The number of anilines is 4. The van der Waals surface area contributed by atoms with E-state index in [1.807, 2.05) is 67.6 Å². The molecule has 5 aromatic rings. The molecule has 0 spiro atoms. The number of aromatic nitrogens is 5. The van der Waals surface area contributed by atoms with Crippen LogP contribution in [0.4, 0.5) is 23.0 Å². The Morgan fingerprint density at radius 3 is 2.45 bits per heavy atom. The number of benzene rings is 2. The molecule has 0 radical (unpaired) electrons. The van der Waals surface area contributed by atoms with E-state index in [9.17, 15) is 24.6 Å². The number of hydrogen-bond donors (Lipinski definition) is 5. The zero-order valence-corrected chi connectivity index (χ0v) is 31.3. The number of imide groups is 1. The Labute approximate surface area is 323 Å². The number of aliphatic hydroxyl groups is 2. The average molecular weight is 759 g/mol. The van der Waals surface area contributed by atoms with Crippen molar-refractivity contribution in [1.82, 2.24) is 34.5 Å². The number of β-amino-alcohol motifs (C(OH)–C–C–N with tert-alkyl or cyclic N) is 1. The molecule has 15 nitrogen and oxygen atoms in total. The summed E-state index contributed by atoms with van der Waals surface area (Å²) < 4.78 is 3.18. The second-order valence-electron chi connectivity index (χ2n) is 14.7. The topological polar surface area (TPSA) is 183 Å². The van der Waals surface area contributed by atoms with Crippen molar-refractivity contribution >= 4 is 45.9 Å². The maximum Gasteiger partial charge on any atom is 0.278 e. The lowest BCUT2D eigenvalue weighted by molar-refractivity contribution is -0.133. The molecule has 2 aromatic carbocycles. The Hall–Kier alpha value is -5.90. The second-order valence-corrected chi connectivity index (χ2v) is 14.7. The number of aliphatic hydroxyl groups excluding tert-OH is 1. The van der Waals surface area contributed by atoms with Crippen molar-refractivity contribution in [2.24, 2.45) is 0 Å². The van der Waals surface area contributed by atoms with Crippen molar-refractivity contribution in [3.63, 3.8) is 0 Å². The molecule has 3 aliphatic rings. The van der Waals surface area contributed by atoms with Gasteiger partial charge in [-0.1, -0.05) is 31.2 Å². The predicted molar refractivity (Wildman–Crippen MR) is 213 cm³/mol. The number of carbonyl (C=O) groups is 2. The molecule has 5 N–H and O–H groups in total. The molecule has 3 atom stereocenters. The van der Waals surface area contributed by atoms with E-state index in [1.165, 1.54) is 10.9 Å². The summed E-state index contributed by atoms with van der Waals surface area (Å²) in [7, 11) is 0. The Morgan fingerprint density at radius 2 is 1.73 bits per heavy atom. The van der Waals surface area contributed by atoms with Crippen molar-refractivity contribution in [3.8, 4) is 5.82 Å². The first-order valence-electron chi connectivity index (χ1n) is 19.2. The van der Waals surface area contributed by atoms with Crippen molar-refractivity contribution in [2.45, 2.75) is 63.3 Å². The third-order valence-electron chi connectivity index (χ3n) is 11.2. The molecular weight excluding hydrogens is 713 g/mol. The highest BCUT2D eigenvalue weighted by atomic mass is 16.3. The lowest BCUT2D eigenvalue weighted by atomic mass is 9.98. The molecule has 0 saturated carbocycles. The zero-order valence-electron chi connectivity index (χ0n) is 31.3. The maximum atomic E-state index is 13.5. The average Bonchev–Trinajstić information content (AvgIpc) is 3.69. The van der Waals surface area contributed by atoms with E-state index < -0.39 is 17.7 Å². The number of nitrogens with one attached hydrogen (secondary N) is 3. The number of hydrogen-bond acceptors (Lipinski definition) is 12. The maximum absolute atomic E-state index is 13.5. The van der Waals surface area contributed by atoms with Crippen LogP contribution >= 0.6 is 0 Å². The van der Waals surface area contributed by atoms with Gasteiger partial charge in [0.25, 0.3) is 5.56 Å². The molecule has 2 fully saturated rings. The molecule has 2 saturated heterocycles. The van der Waals surface area contributed by atoms with Gasteiger partial charge in [0.1, 0.15) is 17.0 Å². The van der Waals surface area contributed by atoms with Crippen LogP contribution in [0.1, 0.15) is 55.5 Å². The van der Waals surface area contributed by atoms with Crippen LogP contribution in [0.5, 0.6) is 0 Å². The van der Waals surface area contributed by atoms with Gasteiger partial charge < -0.3 is 25.7 Å². The molecule has 15 heteroatoms. The minimum absolute atomic E-state index is 0.230. The van der Waals surface area contributed by atoms with Crippen molar-refractivity contribution in [1.29, 1.82) is 0 Å². The number of piperidine rings is 1. The van der Waals surface area contributed by atoms with Crippen LogP contribution in [0, 0.1) is 0 Å². The van der Waals surface area contributed by atoms with Crippen LogP contribution in [0.15, 0.2) is 84.3 Å². The predicted octanol–water partition coefficient (Wildman–Crippen LogP) is 3.52. The fraction of sp³-hybridized carbons (Fsp3) is 0.366. The van der Waals surface area contributed by atoms with E-state index in [4.69, 9.17) is 9.97 Å². The molecule has 1 aliphatic carbocycles. The highest BCUT2D eigenvalue weighted by Crippen LogP contribution is 2.38. The summed E-state index contributed by atoms with van der Waals surface area (Å²) in [5.41, 5.74) is 4.17. The number of piperazine rings is 1. The van der Waals surface area contributed by atoms with Gasteiger partial charge in [-0.05, 0) is 79.3 Å². The third-order valence-corrected chi connectivity index (χ3v) is 11.2. The smallest absolute Gasteiger partial charge is 0.278 e. The van der Waals surface area contributed by atoms with Gasteiger partial charge in [-0.15, -0.1) is 6.58 Å². The highest BCUT2D eigenvalue weighted by molar-refractivity contribution is 6.01. The second kappa shape index (κ2) is 15.3. The van der Waals surface area contributed by atoms with Crippen LogP contribution in [0.25, 0.3) is 16.9 Å². The van der Waals surface area contributed by atoms with Crippen LogP contribution in [0.2, 0.25) is 0 Å². The van der Waals surface area contributed by atoms with E-state index >= 15 is 0 Å². The van der Waals surface area contributed by atoms with Gasteiger partial charge >= 0.3 is 0 Å². The number of carbonyl (C=O) groups excluding carboxylic acids is 2. The zero-order chi connectivity index (χ0) is 39.0. The summed E-state index contributed by atoms with van der Waals surface area (Å²) in [6, 6.07) is 18.9. The Morgan fingerprint density at radius 1 is 0.982 bits per heavy atom. The molecule has 3 aromatic heterocycles. The van der Waals surface area contributed by atoms with Gasteiger partial charge in [-0.3, -0.25) is 24.6 Å². The monoisotopic (exact) mass is 758 g/mol. The quantitative estimate of drug-likeness (QED) is 0.0924. The van der Waals surface area contributed by atoms with E-state index in [0.717, 1.165) is 60.8 Å². The molecule has 0 bridgehead atoms. The van der Waals surface area contributed by atoms with Gasteiger partial charge in [-0.25, -0.2) is 19.3 Å². The minimum Gasteiger partial charge on any atom is -0.387 e. The Bertz CT molecular complexity index is 2330. The van der Waals surface area contributed by atoms with E-state index in [-0.39, 0.29) is 23.9 Å². The first-order valence-corrected chi connectivity index (χ1v) is 19.2. The van der Waals surface area contributed by atoms with E-state index in [0.29, 0.717) is 60.7 Å².